The summed E-state index contributed by atoms with van der Waals surface area (Å²) in [5, 5.41) is 0.404. The average Bonchev–Trinajstić information content (AvgIpc) is 3.67. The molecule has 2 aliphatic rings. The third kappa shape index (κ3) is 6.29. The van der Waals surface area contributed by atoms with Crippen molar-refractivity contribution in [3.63, 3.8) is 0 Å². The molecule has 2 heterocycles. The number of nitrogens with one attached hydrogen (secondary N) is 2. The molecular weight excluding hydrogens is 546 g/mol. The van der Waals surface area contributed by atoms with Gasteiger partial charge in [-0.3, -0.25) is 14.3 Å². The highest BCUT2D eigenvalue weighted by Gasteiger charge is 2.55. The van der Waals surface area contributed by atoms with Crippen molar-refractivity contribution in [3.05, 3.63) is 64.5 Å². The number of carbonyl (C=O) groups excluding carboxylic acids is 2. The predicted molar refractivity (Wildman–Crippen MR) is 154 cm³/mol. The first-order chi connectivity index (χ1) is 19.2. The van der Waals surface area contributed by atoms with Crippen LogP contribution in [0.2, 0.25) is 0 Å². The molecule has 2 N–H and O–H groups in total. The van der Waals surface area contributed by atoms with Crippen LogP contribution in [0.25, 0.3) is 22.1 Å². The van der Waals surface area contributed by atoms with Crippen molar-refractivity contribution < 1.29 is 27.3 Å². The van der Waals surface area contributed by atoms with Crippen LogP contribution >= 0.6 is 0 Å². The molecule has 0 spiro atoms. The van der Waals surface area contributed by atoms with Crippen LogP contribution in [0, 0.1) is 23.2 Å². The van der Waals surface area contributed by atoms with Crippen LogP contribution in [0.5, 0.6) is 0 Å². The van der Waals surface area contributed by atoms with E-state index in [1.165, 1.54) is 6.26 Å². The minimum absolute atomic E-state index is 0.0112. The largest absolute Gasteiger partial charge is 0.463 e. The summed E-state index contributed by atoms with van der Waals surface area (Å²) >= 11 is 0. The summed E-state index contributed by atoms with van der Waals surface area (Å²) in [7, 11) is -3.40. The summed E-state index contributed by atoms with van der Waals surface area (Å²) in [4.78, 5) is 45.0. The normalized spacial score (nSPS) is 16.3. The molecule has 0 bridgehead atoms. The maximum absolute atomic E-state index is 13.1. The first-order valence-electron chi connectivity index (χ1n) is 13.2. The van der Waals surface area contributed by atoms with Gasteiger partial charge in [0.2, 0.25) is 15.9 Å². The van der Waals surface area contributed by atoms with Gasteiger partial charge in [-0.2, -0.15) is 0 Å². The second-order valence-electron chi connectivity index (χ2n) is 11.6. The fourth-order valence-electron chi connectivity index (χ4n) is 4.34. The van der Waals surface area contributed by atoms with Gasteiger partial charge in [0.15, 0.2) is 5.43 Å². The Kier molecular flexibility index (Phi) is 7.17. The molecule has 2 fully saturated rings. The zero-order valence-electron chi connectivity index (χ0n) is 23.2. The van der Waals surface area contributed by atoms with Gasteiger partial charge in [0.25, 0.3) is 0 Å². The molecule has 0 radical (unpaired) electrons. The third-order valence-corrected chi connectivity index (χ3v) is 7.58. The lowest BCUT2D eigenvalue weighted by molar-refractivity contribution is -0.167. The van der Waals surface area contributed by atoms with Gasteiger partial charge >= 0.3 is 5.97 Å². The molecule has 10 nitrogen and oxygen atoms in total. The molecule has 1 aliphatic carbocycles. The van der Waals surface area contributed by atoms with Crippen molar-refractivity contribution >= 4 is 38.6 Å². The molecule has 0 atom stereocenters. The molecule has 1 aliphatic heterocycles. The zero-order chi connectivity index (χ0) is 29.6. The van der Waals surface area contributed by atoms with Crippen molar-refractivity contribution in [2.24, 2.45) is 11.3 Å². The molecule has 11 heteroatoms. The van der Waals surface area contributed by atoms with Crippen molar-refractivity contribution in [3.8, 4) is 23.0 Å². The average molecular weight is 578 g/mol. The minimum atomic E-state index is -3.40. The number of likely N-dealkylation sites (tertiary alicyclic amines) is 1. The van der Waals surface area contributed by atoms with E-state index in [9.17, 15) is 22.8 Å². The number of hydrogen-bond donors (Lipinski definition) is 2. The number of rotatable bonds is 6. The summed E-state index contributed by atoms with van der Waals surface area (Å²) in [5.74, 6) is 5.81. The summed E-state index contributed by atoms with van der Waals surface area (Å²) in [6.07, 6.45) is 3.69. The van der Waals surface area contributed by atoms with Crippen LogP contribution in [-0.2, 0) is 24.4 Å². The van der Waals surface area contributed by atoms with Crippen LogP contribution < -0.4 is 15.6 Å². The van der Waals surface area contributed by atoms with Gasteiger partial charge in [0.05, 0.1) is 28.5 Å². The summed E-state index contributed by atoms with van der Waals surface area (Å²) in [6.45, 7) is 6.24. The van der Waals surface area contributed by atoms with Crippen molar-refractivity contribution in [1.82, 2.24) is 10.4 Å². The lowest BCUT2D eigenvalue weighted by Gasteiger charge is -2.38. The van der Waals surface area contributed by atoms with E-state index in [0.29, 0.717) is 59.3 Å². The van der Waals surface area contributed by atoms with E-state index in [1.807, 2.05) is 0 Å². The SMILES string of the molecule is CC(C)(C)C(=O)ONC1(C(=O)N2CC(C#Cc3ccc4c(=O)c(-c5ccc(NS(C)(=O)=O)cc5)coc4c3)C2)CC1. The van der Waals surface area contributed by atoms with E-state index in [1.54, 1.807) is 68.1 Å². The van der Waals surface area contributed by atoms with Gasteiger partial charge in [-0.1, -0.05) is 24.0 Å². The van der Waals surface area contributed by atoms with Crippen LogP contribution in [0.1, 0.15) is 39.2 Å². The zero-order valence-corrected chi connectivity index (χ0v) is 24.1. The van der Waals surface area contributed by atoms with E-state index in [2.05, 4.69) is 22.0 Å². The highest BCUT2D eigenvalue weighted by molar-refractivity contribution is 7.92. The number of benzene rings is 2. The van der Waals surface area contributed by atoms with Crippen LogP contribution in [0.3, 0.4) is 0 Å². The van der Waals surface area contributed by atoms with Gasteiger partial charge in [-0.25, -0.2) is 13.2 Å². The first kappa shape index (κ1) is 28.4. The molecule has 1 saturated carbocycles. The van der Waals surface area contributed by atoms with E-state index in [-0.39, 0.29) is 17.3 Å². The number of sulfonamides is 1. The lowest BCUT2D eigenvalue weighted by atomic mass is 9.97. The molecule has 1 saturated heterocycles. The topological polar surface area (TPSA) is 135 Å². The van der Waals surface area contributed by atoms with Crippen molar-refractivity contribution in [2.75, 3.05) is 24.1 Å². The molecule has 41 heavy (non-hydrogen) atoms. The number of anilines is 1. The molecule has 214 valence electrons. The number of amides is 1. The van der Waals surface area contributed by atoms with Crippen molar-refractivity contribution in [1.29, 1.82) is 0 Å². The Morgan fingerprint density at radius 1 is 1.10 bits per heavy atom. The number of hydroxylamine groups is 1. The Morgan fingerprint density at radius 3 is 2.39 bits per heavy atom. The Balaban J connectivity index is 1.21. The van der Waals surface area contributed by atoms with E-state index >= 15 is 0 Å². The first-order valence-corrected chi connectivity index (χ1v) is 15.1. The van der Waals surface area contributed by atoms with Crippen LogP contribution in [0.4, 0.5) is 5.69 Å². The maximum atomic E-state index is 13.1. The third-order valence-electron chi connectivity index (χ3n) is 6.97. The van der Waals surface area contributed by atoms with Gasteiger partial charge in [-0.05, 0) is 69.5 Å². The quantitative estimate of drug-likeness (QED) is 0.337. The van der Waals surface area contributed by atoms with Gasteiger partial charge < -0.3 is 14.2 Å². The number of fused-ring (bicyclic) bond motifs is 1. The maximum Gasteiger partial charge on any atom is 0.330 e. The Hall–Kier alpha value is -4.14. The van der Waals surface area contributed by atoms with Crippen LogP contribution in [0.15, 0.2) is 57.9 Å². The molecule has 1 amide bonds. The lowest BCUT2D eigenvalue weighted by Crippen LogP contribution is -2.57. The fraction of sp³-hybridized carbons (Fsp3) is 0.367. The van der Waals surface area contributed by atoms with Gasteiger partial charge in [0, 0.05) is 24.3 Å². The highest BCUT2D eigenvalue weighted by Crippen LogP contribution is 2.39. The number of nitrogens with zero attached hydrogens (tertiary/aromatic N) is 1. The summed E-state index contributed by atoms with van der Waals surface area (Å²) in [5.41, 5.74) is 3.45. The minimum Gasteiger partial charge on any atom is -0.463 e. The molecule has 5 rings (SSSR count). The van der Waals surface area contributed by atoms with Gasteiger partial charge in [0.1, 0.15) is 17.4 Å². The molecule has 0 unspecified atom stereocenters. The van der Waals surface area contributed by atoms with Gasteiger partial charge in [-0.15, -0.1) is 5.48 Å². The second kappa shape index (κ2) is 10.4. The number of carbonyl (C=O) groups is 2. The standard InChI is InChI=1S/C30H31N3O7S/c1-29(2,3)28(36)40-32-30(13-14-30)27(35)33-16-20(17-33)6-5-19-7-12-23-25(15-19)39-18-24(26(23)34)21-8-10-22(11-9-21)31-41(4,37)38/h7-12,15,18,20,31-32H,13-14,16-17H2,1-4H3. The van der Waals surface area contributed by atoms with E-state index in [0.717, 1.165) is 6.26 Å². The Labute approximate surface area is 238 Å². The Bertz CT molecular complexity index is 1750. The monoisotopic (exact) mass is 577 g/mol. The highest BCUT2D eigenvalue weighted by atomic mass is 32.2. The Morgan fingerprint density at radius 2 is 1.78 bits per heavy atom. The number of hydrogen-bond acceptors (Lipinski definition) is 8. The molecule has 3 aromatic rings. The van der Waals surface area contributed by atoms with E-state index < -0.39 is 26.9 Å². The molecule has 1 aromatic heterocycles. The smallest absolute Gasteiger partial charge is 0.330 e. The van der Waals surface area contributed by atoms with E-state index in [4.69, 9.17) is 9.25 Å². The molecular formula is C30H31N3O7S. The summed E-state index contributed by atoms with van der Waals surface area (Å²) in [6, 6.07) is 11.6. The predicted octanol–water partition coefficient (Wildman–Crippen LogP) is 3.27. The summed E-state index contributed by atoms with van der Waals surface area (Å²) < 4.78 is 31.0. The second-order valence-corrected chi connectivity index (χ2v) is 13.4. The van der Waals surface area contributed by atoms with Crippen molar-refractivity contribution in [2.45, 2.75) is 39.2 Å². The molecule has 2 aromatic carbocycles. The fourth-order valence-corrected chi connectivity index (χ4v) is 4.91. The van der Waals surface area contributed by atoms with Crippen LogP contribution in [-0.4, -0.2) is 50.1 Å².